The van der Waals surface area contributed by atoms with Crippen molar-refractivity contribution in [1.29, 1.82) is 0 Å². The SMILES string of the molecule is c1nc(C2CCNC2)oc1C1CCCC1. The van der Waals surface area contributed by atoms with E-state index in [2.05, 4.69) is 10.3 Å². The summed E-state index contributed by atoms with van der Waals surface area (Å²) in [5.41, 5.74) is 0. The number of hydrogen-bond donors (Lipinski definition) is 1. The third-order valence-corrected chi connectivity index (χ3v) is 3.71. The lowest BCUT2D eigenvalue weighted by molar-refractivity contribution is 0.402. The van der Waals surface area contributed by atoms with Gasteiger partial charge in [-0.2, -0.15) is 0 Å². The Hall–Kier alpha value is -0.830. The van der Waals surface area contributed by atoms with E-state index in [0.29, 0.717) is 11.8 Å². The Morgan fingerprint density at radius 3 is 2.80 bits per heavy atom. The van der Waals surface area contributed by atoms with Gasteiger partial charge in [-0.05, 0) is 25.8 Å². The number of nitrogens with zero attached hydrogens (tertiary/aromatic N) is 1. The summed E-state index contributed by atoms with van der Waals surface area (Å²) in [6, 6.07) is 0. The van der Waals surface area contributed by atoms with E-state index >= 15 is 0 Å². The number of aromatic nitrogens is 1. The molecule has 0 spiro atoms. The molecule has 0 aromatic carbocycles. The van der Waals surface area contributed by atoms with Gasteiger partial charge in [0.25, 0.3) is 0 Å². The topological polar surface area (TPSA) is 38.1 Å². The zero-order chi connectivity index (χ0) is 10.1. The molecule has 15 heavy (non-hydrogen) atoms. The summed E-state index contributed by atoms with van der Waals surface area (Å²) in [7, 11) is 0. The van der Waals surface area contributed by atoms with Gasteiger partial charge in [0, 0.05) is 18.4 Å². The molecule has 1 aliphatic heterocycles. The second kappa shape index (κ2) is 3.97. The Morgan fingerprint density at radius 1 is 1.20 bits per heavy atom. The highest BCUT2D eigenvalue weighted by Gasteiger charge is 2.25. The normalized spacial score (nSPS) is 27.6. The first kappa shape index (κ1) is 9.40. The Kier molecular flexibility index (Phi) is 2.49. The van der Waals surface area contributed by atoms with Crippen LogP contribution in [0.4, 0.5) is 0 Å². The fourth-order valence-electron chi connectivity index (χ4n) is 2.75. The minimum atomic E-state index is 0.514. The Morgan fingerprint density at radius 2 is 2.07 bits per heavy atom. The van der Waals surface area contributed by atoms with Crippen LogP contribution < -0.4 is 5.32 Å². The van der Waals surface area contributed by atoms with E-state index in [1.807, 2.05) is 6.20 Å². The zero-order valence-corrected chi connectivity index (χ0v) is 9.04. The van der Waals surface area contributed by atoms with Crippen LogP contribution in [0.3, 0.4) is 0 Å². The maximum Gasteiger partial charge on any atom is 0.198 e. The van der Waals surface area contributed by atoms with Gasteiger partial charge in [0.1, 0.15) is 5.76 Å². The lowest BCUT2D eigenvalue weighted by Crippen LogP contribution is -2.07. The first-order valence-electron chi connectivity index (χ1n) is 6.10. The van der Waals surface area contributed by atoms with Crippen LogP contribution in [0.2, 0.25) is 0 Å². The third kappa shape index (κ3) is 1.81. The molecule has 3 heteroatoms. The van der Waals surface area contributed by atoms with Crippen molar-refractivity contribution in [2.75, 3.05) is 13.1 Å². The van der Waals surface area contributed by atoms with E-state index in [1.165, 1.54) is 32.1 Å². The molecule has 1 N–H and O–H groups in total. The van der Waals surface area contributed by atoms with Gasteiger partial charge in [-0.3, -0.25) is 0 Å². The van der Waals surface area contributed by atoms with Crippen LogP contribution in [-0.4, -0.2) is 18.1 Å². The van der Waals surface area contributed by atoms with Gasteiger partial charge >= 0.3 is 0 Å². The van der Waals surface area contributed by atoms with Gasteiger partial charge in [-0.25, -0.2) is 4.98 Å². The fraction of sp³-hybridized carbons (Fsp3) is 0.750. The molecule has 82 valence electrons. The van der Waals surface area contributed by atoms with Crippen LogP contribution in [-0.2, 0) is 0 Å². The zero-order valence-electron chi connectivity index (χ0n) is 9.04. The van der Waals surface area contributed by atoms with Crippen molar-refractivity contribution in [2.45, 2.75) is 43.9 Å². The van der Waals surface area contributed by atoms with E-state index in [1.54, 1.807) is 0 Å². The Balaban J connectivity index is 1.74. The molecule has 2 fully saturated rings. The molecule has 1 atom stereocenters. The first-order chi connectivity index (χ1) is 7.43. The summed E-state index contributed by atoms with van der Waals surface area (Å²) < 4.78 is 5.90. The van der Waals surface area contributed by atoms with Crippen LogP contribution in [0.25, 0.3) is 0 Å². The van der Waals surface area contributed by atoms with Crippen LogP contribution >= 0.6 is 0 Å². The van der Waals surface area contributed by atoms with E-state index < -0.39 is 0 Å². The average Bonchev–Trinajstić information content (AvgIpc) is 3.02. The van der Waals surface area contributed by atoms with Crippen LogP contribution in [0.1, 0.15) is 55.6 Å². The summed E-state index contributed by atoms with van der Waals surface area (Å²) in [6.07, 6.45) is 8.42. The van der Waals surface area contributed by atoms with Crippen molar-refractivity contribution >= 4 is 0 Å². The molecule has 0 amide bonds. The number of nitrogens with one attached hydrogen (secondary N) is 1. The largest absolute Gasteiger partial charge is 0.445 e. The summed E-state index contributed by atoms with van der Waals surface area (Å²) in [5.74, 6) is 3.26. The Labute approximate surface area is 90.3 Å². The summed E-state index contributed by atoms with van der Waals surface area (Å²) in [4.78, 5) is 4.44. The van der Waals surface area contributed by atoms with E-state index in [9.17, 15) is 0 Å². The molecule has 2 aliphatic rings. The fourth-order valence-corrected chi connectivity index (χ4v) is 2.75. The van der Waals surface area contributed by atoms with Crippen molar-refractivity contribution in [1.82, 2.24) is 10.3 Å². The van der Waals surface area contributed by atoms with Gasteiger partial charge < -0.3 is 9.73 Å². The highest BCUT2D eigenvalue weighted by Crippen LogP contribution is 2.35. The van der Waals surface area contributed by atoms with Crippen molar-refractivity contribution in [3.05, 3.63) is 17.8 Å². The lowest BCUT2D eigenvalue weighted by Gasteiger charge is -2.04. The molecule has 1 saturated heterocycles. The average molecular weight is 206 g/mol. The van der Waals surface area contributed by atoms with Gasteiger partial charge in [-0.1, -0.05) is 12.8 Å². The van der Waals surface area contributed by atoms with Crippen molar-refractivity contribution in [3.8, 4) is 0 Å². The van der Waals surface area contributed by atoms with Crippen molar-refractivity contribution < 1.29 is 4.42 Å². The molecule has 1 saturated carbocycles. The predicted octanol–water partition coefficient (Wildman–Crippen LogP) is 2.41. The van der Waals surface area contributed by atoms with E-state index in [-0.39, 0.29) is 0 Å². The maximum absolute atomic E-state index is 5.90. The molecule has 1 aromatic heterocycles. The Bertz CT molecular complexity index is 292. The maximum atomic E-state index is 5.90. The molecule has 2 heterocycles. The van der Waals surface area contributed by atoms with Crippen LogP contribution in [0, 0.1) is 0 Å². The van der Waals surface area contributed by atoms with Crippen LogP contribution in [0.15, 0.2) is 10.6 Å². The minimum absolute atomic E-state index is 0.514. The van der Waals surface area contributed by atoms with Gasteiger partial charge in [0.05, 0.1) is 6.20 Å². The lowest BCUT2D eigenvalue weighted by atomic mass is 10.1. The van der Waals surface area contributed by atoms with Crippen LogP contribution in [0.5, 0.6) is 0 Å². The molecule has 1 unspecified atom stereocenters. The standard InChI is InChI=1S/C12H18N2O/c1-2-4-9(3-1)11-8-14-12(15-11)10-5-6-13-7-10/h8-10,13H,1-7H2. The van der Waals surface area contributed by atoms with Gasteiger partial charge in [0.2, 0.25) is 0 Å². The molecule has 1 aromatic rings. The predicted molar refractivity (Wildman–Crippen MR) is 57.9 cm³/mol. The highest BCUT2D eigenvalue weighted by molar-refractivity contribution is 5.07. The molecular formula is C12H18N2O. The third-order valence-electron chi connectivity index (χ3n) is 3.71. The number of rotatable bonds is 2. The molecule has 3 nitrogen and oxygen atoms in total. The summed E-state index contributed by atoms with van der Waals surface area (Å²) in [5, 5.41) is 3.35. The summed E-state index contributed by atoms with van der Waals surface area (Å²) >= 11 is 0. The van der Waals surface area contributed by atoms with E-state index in [0.717, 1.165) is 24.7 Å². The molecule has 0 radical (unpaired) electrons. The molecular weight excluding hydrogens is 188 g/mol. The molecule has 3 rings (SSSR count). The van der Waals surface area contributed by atoms with Gasteiger partial charge in [-0.15, -0.1) is 0 Å². The quantitative estimate of drug-likeness (QED) is 0.807. The van der Waals surface area contributed by atoms with Crippen molar-refractivity contribution in [2.24, 2.45) is 0 Å². The minimum Gasteiger partial charge on any atom is -0.445 e. The first-order valence-corrected chi connectivity index (χ1v) is 6.10. The monoisotopic (exact) mass is 206 g/mol. The second-order valence-electron chi connectivity index (χ2n) is 4.77. The summed E-state index contributed by atoms with van der Waals surface area (Å²) in [6.45, 7) is 2.14. The smallest absolute Gasteiger partial charge is 0.198 e. The number of hydrogen-bond acceptors (Lipinski definition) is 3. The highest BCUT2D eigenvalue weighted by atomic mass is 16.4. The number of oxazole rings is 1. The van der Waals surface area contributed by atoms with E-state index in [4.69, 9.17) is 4.42 Å². The van der Waals surface area contributed by atoms with Gasteiger partial charge in [0.15, 0.2) is 5.89 Å². The molecule has 0 bridgehead atoms. The van der Waals surface area contributed by atoms with Crippen molar-refractivity contribution in [3.63, 3.8) is 0 Å². The molecule has 1 aliphatic carbocycles. The second-order valence-corrected chi connectivity index (χ2v) is 4.77.